The number of nitrogens with one attached hydrogen (secondary N) is 1. The van der Waals surface area contributed by atoms with Gasteiger partial charge in [-0.25, -0.2) is 9.67 Å². The van der Waals surface area contributed by atoms with Gasteiger partial charge in [-0.05, 0) is 25.1 Å². The molecular weight excluding hydrogens is 410 g/mol. The molecule has 1 unspecified atom stereocenters. The number of rotatable bonds is 7. The van der Waals surface area contributed by atoms with Gasteiger partial charge in [0.1, 0.15) is 11.0 Å². The van der Waals surface area contributed by atoms with Crippen LogP contribution >= 0.6 is 11.3 Å². The van der Waals surface area contributed by atoms with E-state index < -0.39 is 6.04 Å². The van der Waals surface area contributed by atoms with Gasteiger partial charge in [-0.15, -0.1) is 11.3 Å². The van der Waals surface area contributed by atoms with Crippen LogP contribution in [0.2, 0.25) is 0 Å². The second-order valence-electron chi connectivity index (χ2n) is 6.97. The molecule has 0 aliphatic carbocycles. The lowest BCUT2D eigenvalue weighted by molar-refractivity contribution is -0.124. The normalized spacial score (nSPS) is 11.8. The number of pyridine rings is 1. The first kappa shape index (κ1) is 20.6. The highest BCUT2D eigenvalue weighted by molar-refractivity contribution is 7.13. The number of benzene rings is 1. The number of hydrogen-bond donors (Lipinski definition) is 1. The number of amides is 1. The Morgan fingerprint density at radius 1 is 1.10 bits per heavy atom. The molecule has 8 heteroatoms. The van der Waals surface area contributed by atoms with Crippen LogP contribution in [-0.2, 0) is 11.2 Å². The summed E-state index contributed by atoms with van der Waals surface area (Å²) < 4.78 is 1.20. The predicted octanol–water partition coefficient (Wildman–Crippen LogP) is 3.35. The van der Waals surface area contributed by atoms with Crippen LogP contribution in [0.15, 0.2) is 77.2 Å². The lowest BCUT2D eigenvalue weighted by Gasteiger charge is -2.14. The highest BCUT2D eigenvalue weighted by atomic mass is 32.1. The third-order valence-corrected chi connectivity index (χ3v) is 5.72. The average molecular weight is 432 g/mol. The Morgan fingerprint density at radius 2 is 1.90 bits per heavy atom. The molecule has 0 aliphatic rings. The Balaban J connectivity index is 1.38. The summed E-state index contributed by atoms with van der Waals surface area (Å²) in [5, 5.41) is 10.2. The van der Waals surface area contributed by atoms with Crippen molar-refractivity contribution in [2.75, 3.05) is 6.54 Å². The Kier molecular flexibility index (Phi) is 6.28. The molecule has 0 saturated heterocycles. The van der Waals surface area contributed by atoms with Gasteiger partial charge in [0, 0.05) is 47.9 Å². The molecule has 0 saturated carbocycles. The summed E-state index contributed by atoms with van der Waals surface area (Å²) >= 11 is 1.58. The average Bonchev–Trinajstić information content (AvgIpc) is 3.29. The highest BCUT2D eigenvalue weighted by Crippen LogP contribution is 2.23. The van der Waals surface area contributed by atoms with Gasteiger partial charge in [-0.1, -0.05) is 30.3 Å². The van der Waals surface area contributed by atoms with Gasteiger partial charge in [0.05, 0.1) is 11.4 Å². The fraction of sp³-hybridized carbons (Fsp3) is 0.174. The van der Waals surface area contributed by atoms with Crippen molar-refractivity contribution in [1.29, 1.82) is 0 Å². The molecule has 4 rings (SSSR count). The summed E-state index contributed by atoms with van der Waals surface area (Å²) in [6.07, 6.45) is 3.94. The molecule has 3 aromatic heterocycles. The molecule has 3 heterocycles. The standard InChI is InChI=1S/C23H21N5O2S/c1-16(28-21(29)10-9-20(27-28)18-8-5-12-24-14-18)22(30)25-13-11-19-15-31-23(26-19)17-6-3-2-4-7-17/h2-10,12,14-16H,11,13H2,1H3,(H,25,30). The molecule has 1 atom stereocenters. The predicted molar refractivity (Wildman–Crippen MR) is 121 cm³/mol. The minimum Gasteiger partial charge on any atom is -0.354 e. The Morgan fingerprint density at radius 3 is 2.68 bits per heavy atom. The lowest BCUT2D eigenvalue weighted by Crippen LogP contribution is -2.37. The zero-order valence-electron chi connectivity index (χ0n) is 16.9. The monoisotopic (exact) mass is 431 g/mol. The number of carbonyl (C=O) groups excluding carboxylic acids is 1. The van der Waals surface area contributed by atoms with E-state index in [4.69, 9.17) is 0 Å². The molecule has 1 aromatic carbocycles. The fourth-order valence-electron chi connectivity index (χ4n) is 3.08. The molecule has 0 radical (unpaired) electrons. The van der Waals surface area contributed by atoms with Gasteiger partial charge in [0.2, 0.25) is 5.91 Å². The van der Waals surface area contributed by atoms with Crippen LogP contribution in [0.5, 0.6) is 0 Å². The van der Waals surface area contributed by atoms with E-state index in [1.807, 2.05) is 41.8 Å². The van der Waals surface area contributed by atoms with Crippen molar-refractivity contribution in [2.45, 2.75) is 19.4 Å². The minimum atomic E-state index is -0.737. The number of nitrogens with zero attached hydrogens (tertiary/aromatic N) is 4. The zero-order valence-corrected chi connectivity index (χ0v) is 17.7. The zero-order chi connectivity index (χ0) is 21.6. The SMILES string of the molecule is CC(C(=O)NCCc1csc(-c2ccccc2)n1)n1nc(-c2cccnc2)ccc1=O. The van der Waals surface area contributed by atoms with Gasteiger partial charge >= 0.3 is 0 Å². The van der Waals surface area contributed by atoms with Crippen LogP contribution < -0.4 is 10.9 Å². The van der Waals surface area contributed by atoms with Crippen LogP contribution in [0.4, 0.5) is 0 Å². The molecule has 1 amide bonds. The smallest absolute Gasteiger partial charge is 0.267 e. The van der Waals surface area contributed by atoms with Crippen molar-refractivity contribution >= 4 is 17.2 Å². The Hall–Kier alpha value is -3.65. The van der Waals surface area contributed by atoms with Crippen LogP contribution in [0.25, 0.3) is 21.8 Å². The van der Waals surface area contributed by atoms with Crippen molar-refractivity contribution in [3.05, 3.63) is 88.4 Å². The van der Waals surface area contributed by atoms with E-state index in [0.717, 1.165) is 21.8 Å². The summed E-state index contributed by atoms with van der Waals surface area (Å²) in [7, 11) is 0. The summed E-state index contributed by atoms with van der Waals surface area (Å²) in [5.74, 6) is -0.267. The fourth-order valence-corrected chi connectivity index (χ4v) is 3.94. The van der Waals surface area contributed by atoms with Gasteiger partial charge in [-0.2, -0.15) is 5.10 Å². The maximum absolute atomic E-state index is 12.6. The van der Waals surface area contributed by atoms with Crippen molar-refractivity contribution in [2.24, 2.45) is 0 Å². The van der Waals surface area contributed by atoms with Crippen LogP contribution in [0.3, 0.4) is 0 Å². The molecule has 4 aromatic rings. The maximum atomic E-state index is 12.6. The molecular formula is C23H21N5O2S. The van der Waals surface area contributed by atoms with E-state index >= 15 is 0 Å². The molecule has 0 fully saturated rings. The van der Waals surface area contributed by atoms with E-state index in [1.54, 1.807) is 42.8 Å². The minimum absolute atomic E-state index is 0.267. The third kappa shape index (κ3) is 4.92. The van der Waals surface area contributed by atoms with Gasteiger partial charge < -0.3 is 5.32 Å². The number of carbonyl (C=O) groups is 1. The van der Waals surface area contributed by atoms with Gasteiger partial charge in [-0.3, -0.25) is 14.6 Å². The van der Waals surface area contributed by atoms with Crippen LogP contribution in [0, 0.1) is 0 Å². The summed E-state index contributed by atoms with van der Waals surface area (Å²) in [6.45, 7) is 2.09. The van der Waals surface area contributed by atoms with Gasteiger partial charge in [0.25, 0.3) is 5.56 Å². The topological polar surface area (TPSA) is 89.8 Å². The Labute approximate surface area is 183 Å². The maximum Gasteiger partial charge on any atom is 0.267 e. The third-order valence-electron chi connectivity index (χ3n) is 4.78. The molecule has 31 heavy (non-hydrogen) atoms. The number of aromatic nitrogens is 4. The first-order valence-electron chi connectivity index (χ1n) is 9.89. The quantitative estimate of drug-likeness (QED) is 0.485. The molecule has 0 aliphatic heterocycles. The van der Waals surface area contributed by atoms with E-state index in [9.17, 15) is 9.59 Å². The summed E-state index contributed by atoms with van der Waals surface area (Å²) in [4.78, 5) is 33.6. The molecule has 0 spiro atoms. The van der Waals surface area contributed by atoms with Crippen molar-refractivity contribution in [1.82, 2.24) is 25.1 Å². The van der Waals surface area contributed by atoms with Crippen molar-refractivity contribution in [3.8, 4) is 21.8 Å². The second kappa shape index (κ2) is 9.44. The first-order chi connectivity index (χ1) is 15.1. The molecule has 7 nitrogen and oxygen atoms in total. The number of hydrogen-bond acceptors (Lipinski definition) is 6. The molecule has 1 N–H and O–H groups in total. The van der Waals surface area contributed by atoms with Crippen molar-refractivity contribution in [3.63, 3.8) is 0 Å². The molecule has 0 bridgehead atoms. The van der Waals surface area contributed by atoms with Crippen LogP contribution in [0.1, 0.15) is 18.7 Å². The van der Waals surface area contributed by atoms with E-state index in [2.05, 4.69) is 20.4 Å². The lowest BCUT2D eigenvalue weighted by atomic mass is 10.2. The first-order valence-corrected chi connectivity index (χ1v) is 10.8. The van der Waals surface area contributed by atoms with Gasteiger partial charge in [0.15, 0.2) is 0 Å². The van der Waals surface area contributed by atoms with E-state index in [0.29, 0.717) is 18.7 Å². The largest absolute Gasteiger partial charge is 0.354 e. The van der Waals surface area contributed by atoms with Crippen LogP contribution in [-0.4, -0.2) is 32.2 Å². The number of thiazole rings is 1. The van der Waals surface area contributed by atoms with Crippen molar-refractivity contribution < 1.29 is 4.79 Å². The molecule has 156 valence electrons. The highest BCUT2D eigenvalue weighted by Gasteiger charge is 2.18. The second-order valence-corrected chi connectivity index (χ2v) is 7.83. The summed E-state index contributed by atoms with van der Waals surface area (Å²) in [5.41, 5.74) is 3.04. The van der Waals surface area contributed by atoms with E-state index in [1.165, 1.54) is 10.7 Å². The Bertz CT molecular complexity index is 1220. The van der Waals surface area contributed by atoms with E-state index in [-0.39, 0.29) is 11.5 Å². The summed E-state index contributed by atoms with van der Waals surface area (Å²) in [6, 6.07) is 15.9.